The van der Waals surface area contributed by atoms with E-state index in [4.69, 9.17) is 16.3 Å². The largest absolute Gasteiger partial charge is 0.497 e. The van der Waals surface area contributed by atoms with Gasteiger partial charge < -0.3 is 4.74 Å². The molecule has 1 aliphatic heterocycles. The van der Waals surface area contributed by atoms with Crippen molar-refractivity contribution in [3.63, 3.8) is 0 Å². The fraction of sp³-hybridized carbons (Fsp3) is 0.286. The Bertz CT molecular complexity index is 1120. The summed E-state index contributed by atoms with van der Waals surface area (Å²) >= 11 is 7.60. The molecule has 1 fully saturated rings. The Hall–Kier alpha value is -2.71. The maximum Gasteiger partial charge on any atom is 0.260 e. The minimum absolute atomic E-state index is 0.0250. The van der Waals surface area contributed by atoms with Gasteiger partial charge in [0.2, 0.25) is 0 Å². The van der Waals surface area contributed by atoms with Crippen LogP contribution < -0.4 is 10.2 Å². The number of aromatic nitrogens is 2. The maximum absolute atomic E-state index is 12.8. The molecule has 2 heterocycles. The molecular formula is C21H21ClN4O3S. The number of carbonyl (C=O) groups excluding carboxylic acids is 2. The number of fused-ring (bicyclic) bond motifs is 1. The third kappa shape index (κ3) is 3.85. The molecule has 3 aromatic rings. The molecule has 2 aromatic carbocycles. The van der Waals surface area contributed by atoms with E-state index in [1.54, 1.807) is 23.9 Å². The average molecular weight is 445 g/mol. The molecule has 4 rings (SSSR count). The van der Waals surface area contributed by atoms with Crippen LogP contribution >= 0.6 is 23.4 Å². The van der Waals surface area contributed by atoms with Gasteiger partial charge in [0.15, 0.2) is 0 Å². The second-order valence-electron chi connectivity index (χ2n) is 7.05. The van der Waals surface area contributed by atoms with Gasteiger partial charge >= 0.3 is 0 Å². The molecule has 0 bridgehead atoms. The number of nitrogens with one attached hydrogen (secondary N) is 1. The van der Waals surface area contributed by atoms with Crippen LogP contribution in [0.1, 0.15) is 23.6 Å². The van der Waals surface area contributed by atoms with E-state index >= 15 is 0 Å². The van der Waals surface area contributed by atoms with Crippen molar-refractivity contribution in [1.82, 2.24) is 20.2 Å². The van der Waals surface area contributed by atoms with Gasteiger partial charge in [0.1, 0.15) is 17.7 Å². The number of methoxy groups -OCH3 is 1. The number of halogens is 1. The van der Waals surface area contributed by atoms with Crippen molar-refractivity contribution in [2.75, 3.05) is 7.11 Å². The van der Waals surface area contributed by atoms with Crippen LogP contribution in [0.25, 0.3) is 10.9 Å². The van der Waals surface area contributed by atoms with E-state index in [1.165, 1.54) is 16.8 Å². The van der Waals surface area contributed by atoms with Crippen LogP contribution in [0, 0.1) is 6.92 Å². The van der Waals surface area contributed by atoms with Crippen molar-refractivity contribution in [3.05, 3.63) is 58.7 Å². The van der Waals surface area contributed by atoms with Gasteiger partial charge in [-0.15, -0.1) is 11.8 Å². The summed E-state index contributed by atoms with van der Waals surface area (Å²) in [6, 6.07) is 12.9. The Morgan fingerprint density at radius 1 is 1.27 bits per heavy atom. The predicted octanol–water partition coefficient (Wildman–Crippen LogP) is 3.70. The molecule has 2 atom stereocenters. The van der Waals surface area contributed by atoms with Crippen LogP contribution in [-0.2, 0) is 16.1 Å². The van der Waals surface area contributed by atoms with E-state index in [0.717, 1.165) is 27.9 Å². The molecule has 0 saturated carbocycles. The Morgan fingerprint density at radius 3 is 2.70 bits per heavy atom. The number of amides is 2. The molecule has 156 valence electrons. The van der Waals surface area contributed by atoms with E-state index < -0.39 is 0 Å². The SMILES string of the molecule is COc1ccc(C2SC(C)C(=O)N2NC(=O)Cn2nc(C)c3ccc(Cl)cc32)cc1. The first-order valence-electron chi connectivity index (χ1n) is 9.42. The van der Waals surface area contributed by atoms with Crippen molar-refractivity contribution in [1.29, 1.82) is 0 Å². The molecular weight excluding hydrogens is 424 g/mol. The number of nitrogens with zero attached hydrogens (tertiary/aromatic N) is 3. The highest BCUT2D eigenvalue weighted by atomic mass is 35.5. The zero-order valence-corrected chi connectivity index (χ0v) is 18.3. The van der Waals surface area contributed by atoms with Crippen LogP contribution in [0.2, 0.25) is 5.02 Å². The van der Waals surface area contributed by atoms with E-state index in [2.05, 4.69) is 10.5 Å². The summed E-state index contributed by atoms with van der Waals surface area (Å²) in [5, 5.41) is 6.79. The number of hydrogen-bond donors (Lipinski definition) is 1. The topological polar surface area (TPSA) is 76.5 Å². The van der Waals surface area contributed by atoms with Gasteiger partial charge in [0.05, 0.1) is 23.6 Å². The number of hydrazine groups is 1. The normalized spacial score (nSPS) is 18.8. The lowest BCUT2D eigenvalue weighted by Gasteiger charge is -2.24. The van der Waals surface area contributed by atoms with Gasteiger partial charge in [-0.05, 0) is 49.7 Å². The van der Waals surface area contributed by atoms with Crippen molar-refractivity contribution < 1.29 is 14.3 Å². The van der Waals surface area contributed by atoms with Crippen molar-refractivity contribution in [2.45, 2.75) is 31.0 Å². The molecule has 0 spiro atoms. The van der Waals surface area contributed by atoms with Gasteiger partial charge in [-0.1, -0.05) is 23.7 Å². The Kier molecular flexibility index (Phi) is 5.62. The highest BCUT2D eigenvalue weighted by molar-refractivity contribution is 8.01. The van der Waals surface area contributed by atoms with Crippen LogP contribution in [0.3, 0.4) is 0 Å². The lowest BCUT2D eigenvalue weighted by Crippen LogP contribution is -2.46. The Labute approximate surface area is 183 Å². The lowest BCUT2D eigenvalue weighted by atomic mass is 10.2. The number of carbonyl (C=O) groups is 2. The molecule has 2 amide bonds. The van der Waals surface area contributed by atoms with E-state index in [-0.39, 0.29) is 29.0 Å². The van der Waals surface area contributed by atoms with Gasteiger partial charge in [-0.3, -0.25) is 19.7 Å². The molecule has 7 nitrogen and oxygen atoms in total. The fourth-order valence-corrected chi connectivity index (χ4v) is 4.85. The quantitative estimate of drug-likeness (QED) is 0.649. The van der Waals surface area contributed by atoms with E-state index in [9.17, 15) is 9.59 Å². The molecule has 1 aliphatic rings. The van der Waals surface area contributed by atoms with Crippen LogP contribution in [0.4, 0.5) is 0 Å². The van der Waals surface area contributed by atoms with Gasteiger partial charge in [0, 0.05) is 10.4 Å². The maximum atomic E-state index is 12.8. The summed E-state index contributed by atoms with van der Waals surface area (Å²) < 4.78 is 6.80. The fourth-order valence-electron chi connectivity index (χ4n) is 3.47. The van der Waals surface area contributed by atoms with Crippen LogP contribution in [0.15, 0.2) is 42.5 Å². The second-order valence-corrected chi connectivity index (χ2v) is 8.91. The summed E-state index contributed by atoms with van der Waals surface area (Å²) in [6.07, 6.45) is 0. The summed E-state index contributed by atoms with van der Waals surface area (Å²) in [6.45, 7) is 3.69. The van der Waals surface area contributed by atoms with Crippen molar-refractivity contribution in [3.8, 4) is 5.75 Å². The minimum Gasteiger partial charge on any atom is -0.497 e. The first-order chi connectivity index (χ1) is 14.4. The number of ether oxygens (including phenoxy) is 1. The number of hydrogen-bond acceptors (Lipinski definition) is 5. The van der Waals surface area contributed by atoms with Crippen molar-refractivity contribution in [2.24, 2.45) is 0 Å². The highest BCUT2D eigenvalue weighted by Gasteiger charge is 2.39. The standard InChI is InChI=1S/C21H21ClN4O3S/c1-12-17-9-6-15(22)10-18(17)25(23-12)11-19(27)24-26-20(28)13(2)30-21(26)14-4-7-16(29-3)8-5-14/h4-10,13,21H,11H2,1-3H3,(H,24,27). The Balaban J connectivity index is 1.55. The summed E-state index contributed by atoms with van der Waals surface area (Å²) in [7, 11) is 1.60. The van der Waals surface area contributed by atoms with E-state index in [0.29, 0.717) is 5.02 Å². The molecule has 1 aromatic heterocycles. The van der Waals surface area contributed by atoms with Gasteiger partial charge in [0.25, 0.3) is 11.8 Å². The molecule has 0 aliphatic carbocycles. The summed E-state index contributed by atoms with van der Waals surface area (Å²) in [5.74, 6) is 0.260. The zero-order valence-electron chi connectivity index (χ0n) is 16.8. The first kappa shape index (κ1) is 20.6. The zero-order chi connectivity index (χ0) is 21.4. The molecule has 2 unspecified atom stereocenters. The minimum atomic E-state index is -0.332. The molecule has 1 N–H and O–H groups in total. The number of aryl methyl sites for hydroxylation is 1. The molecule has 30 heavy (non-hydrogen) atoms. The first-order valence-corrected chi connectivity index (χ1v) is 10.7. The van der Waals surface area contributed by atoms with Crippen LogP contribution in [0.5, 0.6) is 5.75 Å². The monoisotopic (exact) mass is 444 g/mol. The van der Waals surface area contributed by atoms with Gasteiger partial charge in [-0.25, -0.2) is 5.01 Å². The number of thioether (sulfide) groups is 1. The molecule has 1 saturated heterocycles. The number of rotatable bonds is 5. The third-order valence-electron chi connectivity index (χ3n) is 4.99. The van der Waals surface area contributed by atoms with Gasteiger partial charge in [-0.2, -0.15) is 5.10 Å². The predicted molar refractivity (Wildman–Crippen MR) is 117 cm³/mol. The third-order valence-corrected chi connectivity index (χ3v) is 6.58. The molecule has 9 heteroatoms. The lowest BCUT2D eigenvalue weighted by molar-refractivity contribution is -0.140. The Morgan fingerprint density at radius 2 is 2.00 bits per heavy atom. The smallest absolute Gasteiger partial charge is 0.260 e. The highest BCUT2D eigenvalue weighted by Crippen LogP contribution is 2.42. The summed E-state index contributed by atoms with van der Waals surface area (Å²) in [5.41, 5.74) is 5.27. The number of benzene rings is 2. The van der Waals surface area contributed by atoms with Crippen molar-refractivity contribution >= 4 is 46.1 Å². The van der Waals surface area contributed by atoms with Crippen LogP contribution in [-0.4, -0.2) is 39.0 Å². The molecule has 0 radical (unpaired) electrons. The average Bonchev–Trinajstić information content (AvgIpc) is 3.18. The summed E-state index contributed by atoms with van der Waals surface area (Å²) in [4.78, 5) is 25.5. The van der Waals surface area contributed by atoms with E-state index in [1.807, 2.05) is 44.2 Å². The second kappa shape index (κ2) is 8.20.